The van der Waals surface area contributed by atoms with Crippen molar-refractivity contribution in [2.45, 2.75) is 39.6 Å². The first-order valence-corrected chi connectivity index (χ1v) is 13.6. The molecule has 0 saturated carbocycles. The lowest BCUT2D eigenvalue weighted by atomic mass is 10.1. The number of ether oxygens (including phenoxy) is 2. The van der Waals surface area contributed by atoms with Crippen LogP contribution in [0.15, 0.2) is 71.8 Å². The molecule has 9 heteroatoms. The Labute approximate surface area is 225 Å². The number of sulfonamides is 1. The number of hydrogen-bond acceptors (Lipinski definition) is 7. The van der Waals surface area contributed by atoms with Crippen molar-refractivity contribution in [3.8, 4) is 28.6 Å². The van der Waals surface area contributed by atoms with Crippen LogP contribution in [0.2, 0.25) is 0 Å². The number of nitrogens with zero attached hydrogens (tertiary/aromatic N) is 2. The van der Waals surface area contributed by atoms with Gasteiger partial charge in [0.15, 0.2) is 5.03 Å². The summed E-state index contributed by atoms with van der Waals surface area (Å²) in [7, 11) is -4.22. The van der Waals surface area contributed by atoms with Crippen LogP contribution in [0.3, 0.4) is 0 Å². The van der Waals surface area contributed by atoms with Crippen molar-refractivity contribution < 1.29 is 25.5 Å². The first-order valence-electron chi connectivity index (χ1n) is 12.1. The minimum Gasteiger partial charge on any atom is -0.494 e. The zero-order chi connectivity index (χ0) is 27.4. The maximum absolute atomic E-state index is 13.3. The van der Waals surface area contributed by atoms with Crippen molar-refractivity contribution in [1.29, 1.82) is 0 Å². The third-order valence-electron chi connectivity index (χ3n) is 5.73. The average Bonchev–Trinajstić information content (AvgIpc) is 2.86. The molecule has 0 unspecified atom stereocenters. The van der Waals surface area contributed by atoms with E-state index in [0.29, 0.717) is 23.7 Å². The molecule has 38 heavy (non-hydrogen) atoms. The van der Waals surface area contributed by atoms with Gasteiger partial charge in [0.2, 0.25) is 5.88 Å². The summed E-state index contributed by atoms with van der Waals surface area (Å²) in [4.78, 5) is 21.9. The van der Waals surface area contributed by atoms with Gasteiger partial charge in [-0.15, -0.1) is 0 Å². The number of aryl methyl sites for hydroxylation is 4. The Balaban J connectivity index is 0.00000280. The van der Waals surface area contributed by atoms with Gasteiger partial charge in [0.05, 0.1) is 12.3 Å². The van der Waals surface area contributed by atoms with E-state index in [0.717, 1.165) is 28.0 Å². The molecule has 0 aliphatic carbocycles. The topological polar surface area (TPSA) is 107 Å². The lowest BCUT2D eigenvalue weighted by Crippen LogP contribution is -2.31. The Bertz CT molecular complexity index is 1590. The van der Waals surface area contributed by atoms with Gasteiger partial charge in [0, 0.05) is 14.1 Å². The lowest BCUT2D eigenvalue weighted by Gasteiger charge is -2.16. The molecule has 4 aromatic rings. The summed E-state index contributed by atoms with van der Waals surface area (Å²) in [6.45, 7) is 9.92. The van der Waals surface area contributed by atoms with E-state index in [9.17, 15) is 13.2 Å². The van der Waals surface area contributed by atoms with Crippen LogP contribution in [-0.2, 0) is 10.0 Å². The van der Waals surface area contributed by atoms with Gasteiger partial charge in [-0.05, 0) is 94.3 Å². The zero-order valence-electron chi connectivity index (χ0n) is 21.9. The van der Waals surface area contributed by atoms with E-state index >= 15 is 0 Å². The van der Waals surface area contributed by atoms with Crippen LogP contribution < -0.4 is 14.2 Å². The second kappa shape index (κ2) is 11.0. The molecule has 4 rings (SSSR count). The summed E-state index contributed by atoms with van der Waals surface area (Å²) in [5.41, 5.74) is 4.59. The van der Waals surface area contributed by atoms with Crippen LogP contribution in [0.1, 0.15) is 42.5 Å². The molecular weight excluding hydrogens is 502 g/mol. The van der Waals surface area contributed by atoms with Crippen molar-refractivity contribution in [2.24, 2.45) is 0 Å². The highest BCUT2D eigenvalue weighted by Crippen LogP contribution is 2.33. The third kappa shape index (κ3) is 6.00. The number of hydrogen-bond donors (Lipinski definition) is 1. The van der Waals surface area contributed by atoms with Gasteiger partial charge in [-0.25, -0.2) is 14.7 Å². The Morgan fingerprint density at radius 1 is 0.921 bits per heavy atom. The Morgan fingerprint density at radius 2 is 1.61 bits per heavy atom. The molecule has 0 aliphatic rings. The first kappa shape index (κ1) is 26.8. The van der Waals surface area contributed by atoms with Crippen molar-refractivity contribution in [2.75, 3.05) is 6.61 Å². The summed E-state index contributed by atoms with van der Waals surface area (Å²) >= 11 is 0. The van der Waals surface area contributed by atoms with Crippen molar-refractivity contribution in [1.82, 2.24) is 14.7 Å². The predicted molar refractivity (Wildman–Crippen MR) is 149 cm³/mol. The number of rotatable bonds is 8. The van der Waals surface area contributed by atoms with Gasteiger partial charge in [-0.1, -0.05) is 23.8 Å². The average molecular weight is 536 g/mol. The molecule has 2 aromatic heterocycles. The van der Waals surface area contributed by atoms with Gasteiger partial charge >= 0.3 is 0 Å². The van der Waals surface area contributed by atoms with Crippen LogP contribution >= 0.6 is 0 Å². The summed E-state index contributed by atoms with van der Waals surface area (Å²) < 4.78 is 39.6. The molecule has 2 aromatic carbocycles. The van der Waals surface area contributed by atoms with E-state index in [1.165, 1.54) is 12.1 Å². The fourth-order valence-electron chi connectivity index (χ4n) is 4.06. The molecular formula is C29H33N3O5S. The number of pyridine rings is 2. The van der Waals surface area contributed by atoms with Gasteiger partial charge < -0.3 is 9.47 Å². The Kier molecular flexibility index (Phi) is 7.78. The first-order chi connectivity index (χ1) is 18.1. The number of nitrogens with one attached hydrogen (secondary N) is 1. The molecule has 2 heterocycles. The molecule has 0 atom stereocenters. The second-order valence-electron chi connectivity index (χ2n) is 8.89. The largest absolute Gasteiger partial charge is 0.494 e. The highest BCUT2D eigenvalue weighted by atomic mass is 32.2. The molecule has 0 radical (unpaired) electrons. The van der Waals surface area contributed by atoms with E-state index in [2.05, 4.69) is 14.7 Å². The highest BCUT2D eigenvalue weighted by molar-refractivity contribution is 7.90. The monoisotopic (exact) mass is 535 g/mol. The third-order valence-corrected chi connectivity index (χ3v) is 6.97. The van der Waals surface area contributed by atoms with E-state index < -0.39 is 15.9 Å². The molecule has 0 bridgehead atoms. The quantitative estimate of drug-likeness (QED) is 0.287. The molecule has 0 saturated heterocycles. The number of amides is 1. The van der Waals surface area contributed by atoms with Crippen molar-refractivity contribution >= 4 is 15.9 Å². The normalized spacial score (nSPS) is 11.2. The van der Waals surface area contributed by atoms with Gasteiger partial charge in [0.25, 0.3) is 15.9 Å². The molecule has 1 amide bonds. The van der Waals surface area contributed by atoms with E-state index in [1.807, 2.05) is 64.1 Å². The SMILES string of the molecule is CCOc1ccc(-c2ccc(C(=O)NS(=O)(=O)c3cccc(C)n3)c(Oc3c(C)cc(C)cc3C)n2)cc1.[HH].[HH]. The van der Waals surface area contributed by atoms with Gasteiger partial charge in [-0.2, -0.15) is 8.42 Å². The van der Waals surface area contributed by atoms with Crippen molar-refractivity contribution in [3.63, 3.8) is 0 Å². The maximum Gasteiger partial charge on any atom is 0.281 e. The van der Waals surface area contributed by atoms with Crippen LogP contribution in [0.5, 0.6) is 17.4 Å². The molecule has 1 N–H and O–H groups in total. The fourth-order valence-corrected chi connectivity index (χ4v) is 5.04. The highest BCUT2D eigenvalue weighted by Gasteiger charge is 2.24. The smallest absolute Gasteiger partial charge is 0.281 e. The molecule has 0 aliphatic heterocycles. The number of carbonyl (C=O) groups is 1. The predicted octanol–water partition coefficient (Wildman–Crippen LogP) is 6.18. The van der Waals surface area contributed by atoms with Gasteiger partial charge in [-0.3, -0.25) is 4.79 Å². The van der Waals surface area contributed by atoms with Gasteiger partial charge in [0.1, 0.15) is 17.1 Å². The van der Waals surface area contributed by atoms with Crippen LogP contribution in [0.4, 0.5) is 0 Å². The minimum atomic E-state index is -4.22. The second-order valence-corrected chi connectivity index (χ2v) is 10.5. The Morgan fingerprint density at radius 3 is 2.24 bits per heavy atom. The molecule has 0 fully saturated rings. The summed E-state index contributed by atoms with van der Waals surface area (Å²) in [5.74, 6) is 0.376. The van der Waals surface area contributed by atoms with Crippen LogP contribution in [0.25, 0.3) is 11.3 Å². The number of carbonyl (C=O) groups excluding carboxylic acids is 1. The zero-order valence-corrected chi connectivity index (χ0v) is 22.7. The summed E-state index contributed by atoms with van der Waals surface area (Å²) in [5, 5.41) is -0.252. The summed E-state index contributed by atoms with van der Waals surface area (Å²) in [6, 6.07) is 19.0. The maximum atomic E-state index is 13.3. The molecule has 8 nitrogen and oxygen atoms in total. The number of aromatic nitrogens is 2. The lowest BCUT2D eigenvalue weighted by molar-refractivity contribution is 0.0978. The van der Waals surface area contributed by atoms with Crippen molar-refractivity contribution in [3.05, 3.63) is 94.7 Å². The van der Waals surface area contributed by atoms with E-state index in [-0.39, 0.29) is 19.3 Å². The molecule has 0 spiro atoms. The number of benzene rings is 2. The van der Waals surface area contributed by atoms with E-state index in [4.69, 9.17) is 9.47 Å². The standard InChI is InChI=1S/C29H29N3O5S.2H2/c1-6-36-23-12-10-22(11-13-23)25-15-14-24(28(33)32-38(34,35)26-9-7-8-21(5)30-26)29(31-25)37-27-19(3)16-18(2)17-20(27)4;;/h7-17H,6H2,1-5H3,(H,32,33);2*1H. The minimum absolute atomic E-state index is 0. The molecule has 200 valence electrons. The van der Waals surface area contributed by atoms with Crippen LogP contribution in [-0.4, -0.2) is 30.9 Å². The summed E-state index contributed by atoms with van der Waals surface area (Å²) in [6.07, 6.45) is 0. The Hall–Kier alpha value is -4.24. The van der Waals surface area contributed by atoms with E-state index in [1.54, 1.807) is 25.1 Å². The fraction of sp³-hybridized carbons (Fsp3) is 0.207. The van der Waals surface area contributed by atoms with Crippen LogP contribution in [0, 0.1) is 27.7 Å².